The first kappa shape index (κ1) is 17.5. The lowest BCUT2D eigenvalue weighted by molar-refractivity contribution is -0.145. The van der Waals surface area contributed by atoms with Crippen LogP contribution in [0.15, 0.2) is 29.2 Å². The van der Waals surface area contributed by atoms with Gasteiger partial charge >= 0.3 is 5.97 Å². The third-order valence-corrected chi connectivity index (χ3v) is 5.85. The average molecular weight is 339 g/mol. The van der Waals surface area contributed by atoms with E-state index in [0.29, 0.717) is 24.9 Å². The second kappa shape index (κ2) is 7.12. The van der Waals surface area contributed by atoms with E-state index in [9.17, 15) is 18.0 Å². The summed E-state index contributed by atoms with van der Waals surface area (Å²) in [7, 11) is -3.30. The molecule has 1 aliphatic heterocycles. The fourth-order valence-electron chi connectivity index (χ4n) is 2.71. The Morgan fingerprint density at radius 3 is 2.74 bits per heavy atom. The minimum absolute atomic E-state index is 0.0107. The van der Waals surface area contributed by atoms with E-state index < -0.39 is 21.7 Å². The SMILES string of the molecule is CCS(=O)(=O)c1cccc(CC(=O)N2CCC[C@H](C(=O)O)C2)c1. The van der Waals surface area contributed by atoms with E-state index in [0.717, 1.165) is 0 Å². The number of hydrogen-bond acceptors (Lipinski definition) is 4. The van der Waals surface area contributed by atoms with Crippen LogP contribution in [0.1, 0.15) is 25.3 Å². The summed E-state index contributed by atoms with van der Waals surface area (Å²) in [4.78, 5) is 25.2. The fourth-order valence-corrected chi connectivity index (χ4v) is 3.66. The van der Waals surface area contributed by atoms with Crippen LogP contribution in [0, 0.1) is 5.92 Å². The van der Waals surface area contributed by atoms with E-state index in [1.54, 1.807) is 24.0 Å². The van der Waals surface area contributed by atoms with Gasteiger partial charge in [0.15, 0.2) is 9.84 Å². The van der Waals surface area contributed by atoms with Crippen LogP contribution in [0.5, 0.6) is 0 Å². The monoisotopic (exact) mass is 339 g/mol. The number of hydrogen-bond donors (Lipinski definition) is 1. The molecule has 0 aliphatic carbocycles. The molecule has 1 atom stereocenters. The van der Waals surface area contributed by atoms with E-state index in [4.69, 9.17) is 5.11 Å². The van der Waals surface area contributed by atoms with E-state index in [-0.39, 0.29) is 29.5 Å². The van der Waals surface area contributed by atoms with Crippen molar-refractivity contribution in [1.29, 1.82) is 0 Å². The zero-order valence-electron chi connectivity index (χ0n) is 13.1. The third kappa shape index (κ3) is 4.31. The first-order valence-corrected chi connectivity index (χ1v) is 9.31. The van der Waals surface area contributed by atoms with Gasteiger partial charge in [0.05, 0.1) is 23.0 Å². The summed E-state index contributed by atoms with van der Waals surface area (Å²) in [5.41, 5.74) is 0.627. The van der Waals surface area contributed by atoms with Gasteiger partial charge in [-0.25, -0.2) is 8.42 Å². The summed E-state index contributed by atoms with van der Waals surface area (Å²) in [5, 5.41) is 9.08. The molecule has 1 amide bonds. The molecule has 7 heteroatoms. The van der Waals surface area contributed by atoms with Gasteiger partial charge < -0.3 is 10.0 Å². The molecule has 1 aliphatic rings. The van der Waals surface area contributed by atoms with E-state index in [1.807, 2.05) is 0 Å². The van der Waals surface area contributed by atoms with Gasteiger partial charge in [0, 0.05) is 13.1 Å². The molecular formula is C16H21NO5S. The quantitative estimate of drug-likeness (QED) is 0.874. The van der Waals surface area contributed by atoms with Gasteiger partial charge in [0.1, 0.15) is 0 Å². The predicted octanol–water partition coefficient (Wildman–Crippen LogP) is 1.35. The maximum Gasteiger partial charge on any atom is 0.308 e. The number of sulfone groups is 1. The van der Waals surface area contributed by atoms with E-state index in [1.165, 1.54) is 12.1 Å². The van der Waals surface area contributed by atoms with Gasteiger partial charge in [0.2, 0.25) is 5.91 Å². The van der Waals surface area contributed by atoms with Crippen molar-refractivity contribution in [2.24, 2.45) is 5.92 Å². The molecular weight excluding hydrogens is 318 g/mol. The number of aliphatic carboxylic acids is 1. The molecule has 0 spiro atoms. The van der Waals surface area contributed by atoms with Crippen LogP contribution in [0.2, 0.25) is 0 Å². The molecule has 0 aromatic heterocycles. The van der Waals surface area contributed by atoms with Crippen LogP contribution in [-0.2, 0) is 25.8 Å². The molecule has 1 aromatic carbocycles. The predicted molar refractivity (Wildman–Crippen MR) is 84.8 cm³/mol. The molecule has 1 heterocycles. The maximum atomic E-state index is 12.3. The number of likely N-dealkylation sites (tertiary alicyclic amines) is 1. The van der Waals surface area contributed by atoms with Crippen molar-refractivity contribution in [3.63, 3.8) is 0 Å². The number of carbonyl (C=O) groups is 2. The van der Waals surface area contributed by atoms with Gasteiger partial charge in [-0.1, -0.05) is 19.1 Å². The van der Waals surface area contributed by atoms with Crippen LogP contribution in [-0.4, -0.2) is 49.1 Å². The lowest BCUT2D eigenvalue weighted by Gasteiger charge is -2.30. The van der Waals surface area contributed by atoms with Crippen LogP contribution in [0.3, 0.4) is 0 Å². The van der Waals surface area contributed by atoms with Crippen LogP contribution >= 0.6 is 0 Å². The van der Waals surface area contributed by atoms with Crippen molar-refractivity contribution < 1.29 is 23.1 Å². The fraction of sp³-hybridized carbons (Fsp3) is 0.500. The van der Waals surface area contributed by atoms with Crippen molar-refractivity contribution in [2.75, 3.05) is 18.8 Å². The van der Waals surface area contributed by atoms with Crippen molar-refractivity contribution in [2.45, 2.75) is 31.1 Å². The van der Waals surface area contributed by atoms with Crippen molar-refractivity contribution in [3.05, 3.63) is 29.8 Å². The summed E-state index contributed by atoms with van der Waals surface area (Å²) in [6, 6.07) is 6.39. The minimum atomic E-state index is -3.30. The molecule has 2 rings (SSSR count). The standard InChI is InChI=1S/C16H21NO5S/c1-2-23(21,22)14-7-3-5-12(9-14)10-15(18)17-8-4-6-13(11-17)16(19)20/h3,5,7,9,13H,2,4,6,8,10-11H2,1H3,(H,19,20)/t13-/m0/s1. The van der Waals surface area contributed by atoms with E-state index >= 15 is 0 Å². The lowest BCUT2D eigenvalue weighted by atomic mass is 9.97. The minimum Gasteiger partial charge on any atom is -0.481 e. The molecule has 0 bridgehead atoms. The highest BCUT2D eigenvalue weighted by atomic mass is 32.2. The molecule has 0 saturated carbocycles. The smallest absolute Gasteiger partial charge is 0.308 e. The van der Waals surface area contributed by atoms with E-state index in [2.05, 4.69) is 0 Å². The molecule has 1 aromatic rings. The maximum absolute atomic E-state index is 12.3. The van der Waals surface area contributed by atoms with Gasteiger partial charge in [-0.15, -0.1) is 0 Å². The normalized spacial score (nSPS) is 18.7. The molecule has 1 saturated heterocycles. The summed E-state index contributed by atoms with van der Waals surface area (Å²) in [6.07, 6.45) is 1.34. The Kier molecular flexibility index (Phi) is 5.41. The summed E-state index contributed by atoms with van der Waals surface area (Å²) in [5.74, 6) is -1.54. The van der Waals surface area contributed by atoms with Crippen molar-refractivity contribution in [3.8, 4) is 0 Å². The number of benzene rings is 1. The second-order valence-electron chi connectivity index (χ2n) is 5.74. The van der Waals surface area contributed by atoms with Gasteiger partial charge in [-0.05, 0) is 30.5 Å². The second-order valence-corrected chi connectivity index (χ2v) is 8.02. The van der Waals surface area contributed by atoms with Crippen molar-refractivity contribution in [1.82, 2.24) is 4.90 Å². The zero-order valence-corrected chi connectivity index (χ0v) is 13.9. The Hall–Kier alpha value is -1.89. The largest absolute Gasteiger partial charge is 0.481 e. The summed E-state index contributed by atoms with van der Waals surface area (Å²) >= 11 is 0. The Balaban J connectivity index is 2.09. The number of carboxylic acid groups (broad SMARTS) is 1. The summed E-state index contributed by atoms with van der Waals surface area (Å²) < 4.78 is 23.8. The topological polar surface area (TPSA) is 91.8 Å². The molecule has 1 N–H and O–H groups in total. The Morgan fingerprint density at radius 2 is 2.09 bits per heavy atom. The van der Waals surface area contributed by atoms with Crippen LogP contribution in [0.25, 0.3) is 0 Å². The number of nitrogens with zero attached hydrogens (tertiary/aromatic N) is 1. The summed E-state index contributed by atoms with van der Waals surface area (Å²) in [6.45, 7) is 2.35. The number of amides is 1. The first-order chi connectivity index (χ1) is 10.8. The highest BCUT2D eigenvalue weighted by Gasteiger charge is 2.28. The number of carboxylic acids is 1. The molecule has 0 radical (unpaired) electrons. The van der Waals surface area contributed by atoms with Crippen LogP contribution in [0.4, 0.5) is 0 Å². The molecule has 126 valence electrons. The Morgan fingerprint density at radius 1 is 1.35 bits per heavy atom. The number of carbonyl (C=O) groups excluding carboxylic acids is 1. The highest BCUT2D eigenvalue weighted by Crippen LogP contribution is 2.19. The number of rotatable bonds is 5. The zero-order chi connectivity index (χ0) is 17.0. The Bertz CT molecular complexity index is 698. The third-order valence-electron chi connectivity index (χ3n) is 4.12. The molecule has 1 fully saturated rings. The lowest BCUT2D eigenvalue weighted by Crippen LogP contribution is -2.43. The highest BCUT2D eigenvalue weighted by molar-refractivity contribution is 7.91. The van der Waals surface area contributed by atoms with Gasteiger partial charge in [-0.3, -0.25) is 9.59 Å². The first-order valence-electron chi connectivity index (χ1n) is 7.65. The van der Waals surface area contributed by atoms with Crippen LogP contribution < -0.4 is 0 Å². The molecule has 0 unspecified atom stereocenters. The van der Waals surface area contributed by atoms with Gasteiger partial charge in [0.25, 0.3) is 0 Å². The van der Waals surface area contributed by atoms with Crippen molar-refractivity contribution >= 4 is 21.7 Å². The number of piperidine rings is 1. The van der Waals surface area contributed by atoms with Gasteiger partial charge in [-0.2, -0.15) is 0 Å². The molecule has 23 heavy (non-hydrogen) atoms. The molecule has 6 nitrogen and oxygen atoms in total. The Labute approximate surface area is 136 Å². The average Bonchev–Trinajstić information content (AvgIpc) is 2.55.